The lowest BCUT2D eigenvalue weighted by Crippen LogP contribution is -2.63. The molecule has 3 saturated heterocycles. The average Bonchev–Trinajstić information content (AvgIpc) is 1.44. The van der Waals surface area contributed by atoms with Gasteiger partial charge in [0.15, 0.2) is 17.5 Å². The highest BCUT2D eigenvalue weighted by Gasteiger charge is 2.43. The number of aryl methyl sites for hydroxylation is 7. The van der Waals surface area contributed by atoms with E-state index in [2.05, 4.69) is 149 Å². The van der Waals surface area contributed by atoms with Crippen molar-refractivity contribution in [2.75, 3.05) is 88.1 Å². The molecule has 7 heterocycles. The largest absolute Gasteiger partial charge is 0.385 e. The Morgan fingerprint density at radius 2 is 0.896 bits per heavy atom. The summed E-state index contributed by atoms with van der Waals surface area (Å²) in [5, 5.41) is 58.8. The van der Waals surface area contributed by atoms with Crippen LogP contribution in [0.5, 0.6) is 0 Å². The number of aliphatic hydroxyl groups is 2. The van der Waals surface area contributed by atoms with E-state index in [1.165, 1.54) is 42.4 Å². The SMILES string of the molecule is CCOCC1CCC(N2CC(NC(=O)CNc3nn(C)c4ccc(C)cc34)C2)CC1.Cc1ccc2c(c1)c(NCC(=O)NC1CN(C3CCC(O)(c4ccccc4)CC3)C1)nn2C.Cc1ccc2c(c1)c(NCC(=O)NC1CN(C3CCC(O)(c4cnc(C)s4)CC3)C1)nn2C. The summed E-state index contributed by atoms with van der Waals surface area (Å²) in [5.41, 5.74) is 6.28. The van der Waals surface area contributed by atoms with Crippen molar-refractivity contribution in [1.82, 2.24) is 65.0 Å². The highest BCUT2D eigenvalue weighted by molar-refractivity contribution is 7.11. The molecule has 3 aliphatic carbocycles. The summed E-state index contributed by atoms with van der Waals surface area (Å²) in [6, 6.07) is 31.0. The molecule has 22 nitrogen and oxygen atoms in total. The van der Waals surface area contributed by atoms with E-state index in [9.17, 15) is 24.6 Å². The van der Waals surface area contributed by atoms with Crippen LogP contribution in [0.4, 0.5) is 17.5 Å². The fourth-order valence-electron chi connectivity index (χ4n) is 15.3. The van der Waals surface area contributed by atoms with Crippen LogP contribution in [-0.2, 0) is 51.5 Å². The minimum Gasteiger partial charge on any atom is -0.385 e. The Bertz CT molecular complexity index is 3950. The van der Waals surface area contributed by atoms with Gasteiger partial charge in [-0.3, -0.25) is 43.1 Å². The molecule has 514 valence electrons. The van der Waals surface area contributed by atoms with E-state index in [0.29, 0.717) is 18.1 Å². The van der Waals surface area contributed by atoms with Crippen molar-refractivity contribution >= 4 is 79.2 Å². The zero-order valence-electron chi connectivity index (χ0n) is 57.4. The molecule has 3 aliphatic heterocycles. The molecular formula is C73H100N16O6S. The highest BCUT2D eigenvalue weighted by Crippen LogP contribution is 2.43. The van der Waals surface area contributed by atoms with Gasteiger partial charge in [0.05, 0.1) is 69.8 Å². The van der Waals surface area contributed by atoms with Gasteiger partial charge in [0.1, 0.15) is 5.60 Å². The van der Waals surface area contributed by atoms with Gasteiger partial charge in [-0.1, -0.05) is 65.2 Å². The molecule has 4 aromatic heterocycles. The van der Waals surface area contributed by atoms with Crippen molar-refractivity contribution in [2.45, 2.75) is 159 Å². The first-order valence-electron chi connectivity index (χ1n) is 34.9. The third kappa shape index (κ3) is 16.2. The summed E-state index contributed by atoms with van der Waals surface area (Å²) >= 11 is 1.60. The first-order valence-corrected chi connectivity index (χ1v) is 35.7. The molecule has 14 rings (SSSR count). The predicted molar refractivity (Wildman–Crippen MR) is 380 cm³/mol. The smallest absolute Gasteiger partial charge is 0.239 e. The molecule has 0 bridgehead atoms. The fraction of sp³-hybridized carbons (Fsp3) is 0.548. The average molecular weight is 1330 g/mol. The number of nitrogens with one attached hydrogen (secondary N) is 6. The van der Waals surface area contributed by atoms with Crippen LogP contribution in [0, 0.1) is 33.6 Å². The van der Waals surface area contributed by atoms with Crippen LogP contribution in [0.15, 0.2) is 91.1 Å². The van der Waals surface area contributed by atoms with Gasteiger partial charge >= 0.3 is 0 Å². The molecule has 0 spiro atoms. The zero-order valence-corrected chi connectivity index (χ0v) is 58.2. The van der Waals surface area contributed by atoms with Crippen molar-refractivity contribution in [3.63, 3.8) is 0 Å². The Kier molecular flexibility index (Phi) is 21.4. The summed E-state index contributed by atoms with van der Waals surface area (Å²) in [6.45, 7) is 18.1. The lowest BCUT2D eigenvalue weighted by atomic mass is 9.76. The Hall–Kier alpha value is -7.51. The fourth-order valence-corrected chi connectivity index (χ4v) is 16.2. The van der Waals surface area contributed by atoms with E-state index in [1.807, 2.05) is 78.6 Å². The van der Waals surface area contributed by atoms with Crippen molar-refractivity contribution in [3.05, 3.63) is 123 Å². The number of hydrogen-bond acceptors (Lipinski definition) is 17. The minimum absolute atomic E-state index is 0.00629. The summed E-state index contributed by atoms with van der Waals surface area (Å²) in [5.74, 6) is 3.01. The van der Waals surface area contributed by atoms with Gasteiger partial charge in [-0.25, -0.2) is 4.98 Å². The van der Waals surface area contributed by atoms with Crippen molar-refractivity contribution in [2.24, 2.45) is 27.1 Å². The first-order chi connectivity index (χ1) is 46.2. The summed E-state index contributed by atoms with van der Waals surface area (Å²) in [6.07, 6.45) is 13.9. The number of likely N-dealkylation sites (tertiary alicyclic amines) is 3. The number of benzene rings is 4. The lowest BCUT2D eigenvalue weighted by Gasteiger charge is -2.48. The lowest BCUT2D eigenvalue weighted by molar-refractivity contribution is -0.122. The second kappa shape index (κ2) is 30.1. The molecular weight excluding hydrogens is 1230 g/mol. The van der Waals surface area contributed by atoms with Gasteiger partial charge in [0, 0.05) is 114 Å². The monoisotopic (exact) mass is 1330 g/mol. The van der Waals surface area contributed by atoms with E-state index in [4.69, 9.17) is 4.74 Å². The van der Waals surface area contributed by atoms with Crippen LogP contribution in [0.1, 0.15) is 116 Å². The zero-order chi connectivity index (χ0) is 67.3. The van der Waals surface area contributed by atoms with Gasteiger partial charge in [-0.2, -0.15) is 15.3 Å². The van der Waals surface area contributed by atoms with Crippen LogP contribution in [0.2, 0.25) is 0 Å². The molecule has 8 N–H and O–H groups in total. The normalized spacial score (nSPS) is 23.6. The summed E-state index contributed by atoms with van der Waals surface area (Å²) in [7, 11) is 5.75. The molecule has 23 heteroatoms. The quantitative estimate of drug-likeness (QED) is 0.0357. The van der Waals surface area contributed by atoms with Gasteiger partial charge < -0.3 is 46.9 Å². The Balaban J connectivity index is 0.000000138. The number of hydrogen-bond donors (Lipinski definition) is 8. The third-order valence-electron chi connectivity index (χ3n) is 21.0. The number of anilines is 3. The second-order valence-electron chi connectivity index (χ2n) is 28.2. The van der Waals surface area contributed by atoms with E-state index in [-0.39, 0.29) is 55.5 Å². The van der Waals surface area contributed by atoms with Gasteiger partial charge in [-0.05, 0) is 160 Å². The topological polar surface area (TPSA) is 249 Å². The molecule has 0 atom stereocenters. The maximum absolute atomic E-state index is 12.5. The molecule has 96 heavy (non-hydrogen) atoms. The van der Waals surface area contributed by atoms with E-state index in [0.717, 1.165) is 175 Å². The maximum Gasteiger partial charge on any atom is 0.239 e. The number of carbonyl (C=O) groups is 3. The van der Waals surface area contributed by atoms with Crippen LogP contribution < -0.4 is 31.9 Å². The number of amides is 3. The summed E-state index contributed by atoms with van der Waals surface area (Å²) < 4.78 is 11.1. The van der Waals surface area contributed by atoms with Crippen molar-refractivity contribution < 1.29 is 29.3 Å². The molecule has 0 radical (unpaired) electrons. The van der Waals surface area contributed by atoms with Crippen LogP contribution in [-0.4, -0.2) is 185 Å². The Morgan fingerprint density at radius 1 is 0.521 bits per heavy atom. The van der Waals surface area contributed by atoms with Gasteiger partial charge in [0.25, 0.3) is 0 Å². The number of fused-ring (bicyclic) bond motifs is 3. The number of carbonyl (C=O) groups excluding carboxylic acids is 3. The minimum atomic E-state index is -0.721. The van der Waals surface area contributed by atoms with E-state index >= 15 is 0 Å². The predicted octanol–water partition coefficient (Wildman–Crippen LogP) is 8.30. The van der Waals surface area contributed by atoms with Crippen LogP contribution in [0.25, 0.3) is 32.7 Å². The highest BCUT2D eigenvalue weighted by atomic mass is 32.1. The Labute approximate surface area is 568 Å². The molecule has 3 saturated carbocycles. The number of rotatable bonds is 20. The van der Waals surface area contributed by atoms with Crippen molar-refractivity contribution in [3.8, 4) is 0 Å². The summed E-state index contributed by atoms with van der Waals surface area (Å²) in [4.78, 5) is 50.1. The molecule has 3 amide bonds. The maximum atomic E-state index is 12.5. The molecule has 6 fully saturated rings. The Morgan fingerprint density at radius 3 is 1.26 bits per heavy atom. The van der Waals surface area contributed by atoms with Gasteiger partial charge in [-0.15, -0.1) is 11.3 Å². The van der Waals surface area contributed by atoms with Crippen LogP contribution >= 0.6 is 11.3 Å². The van der Waals surface area contributed by atoms with Crippen LogP contribution in [0.3, 0.4) is 0 Å². The number of thiazole rings is 1. The molecule has 6 aliphatic rings. The third-order valence-corrected chi connectivity index (χ3v) is 22.1. The van der Waals surface area contributed by atoms with E-state index in [1.54, 1.807) is 11.3 Å². The number of ether oxygens (including phenoxy) is 1. The second-order valence-corrected chi connectivity index (χ2v) is 29.4. The molecule has 8 aromatic rings. The first kappa shape index (κ1) is 68.4. The number of aromatic nitrogens is 7. The van der Waals surface area contributed by atoms with Gasteiger partial charge in [0.2, 0.25) is 17.7 Å². The van der Waals surface area contributed by atoms with E-state index < -0.39 is 11.2 Å². The standard InChI is InChI=1S/C26H33N5O2.C24H32N6O2S.C23H35N5O2/c1-18-8-9-23-22(14-18)25(29-30(23)2)27-15-24(32)28-20-16-31(17-20)21-10-12-26(33,13-11-21)19-6-4-3-5-7-19;1-15-4-5-20-19(10-15)23(28-29(20)3)26-12-22(31)27-17-13-30(14-17)18-6-8-24(32,9-7-18)21-11-25-16(2)33-21;1-4-30-15-17-6-8-19(9-7-17)28-13-18(14-28)25-22(29)12-24-23-20-11-16(2)5-10-21(20)27(3)26-23/h3-9,14,20-21,33H,10-13,15-17H2,1-2H3,(H,27,29)(H,28,32);4-5,10-11,17-18,32H,6-9,12-14H2,1-3H3,(H,26,28)(H,27,31);5,10-11,17-19H,4,6-9,12-15H2,1-3H3,(H,24,26)(H,25,29). The molecule has 4 aromatic carbocycles. The van der Waals surface area contributed by atoms with Crippen molar-refractivity contribution in [1.29, 1.82) is 0 Å². The number of nitrogens with zero attached hydrogens (tertiary/aromatic N) is 10. The molecule has 0 unspecified atom stereocenters.